The van der Waals surface area contributed by atoms with Crippen LogP contribution in [-0.4, -0.2) is 48.9 Å². The maximum atomic E-state index is 14.4. The highest BCUT2D eigenvalue weighted by Crippen LogP contribution is 2.77. The van der Waals surface area contributed by atoms with Crippen molar-refractivity contribution in [1.82, 2.24) is 0 Å². The van der Waals surface area contributed by atoms with Gasteiger partial charge in [-0.3, -0.25) is 4.79 Å². The third-order valence-corrected chi connectivity index (χ3v) is 20.9. The minimum Gasteiger partial charge on any atom is -0.508 e. The van der Waals surface area contributed by atoms with Gasteiger partial charge in [0.1, 0.15) is 5.75 Å². The number of ketones is 1. The molecule has 1 spiro atoms. The van der Waals surface area contributed by atoms with Crippen LogP contribution in [0.2, 0.25) is 18.1 Å². The van der Waals surface area contributed by atoms with Gasteiger partial charge in [-0.25, -0.2) is 0 Å². The van der Waals surface area contributed by atoms with Crippen LogP contribution < -0.4 is 0 Å². The number of thioether (sulfide) groups is 1. The first kappa shape index (κ1) is 42.0. The summed E-state index contributed by atoms with van der Waals surface area (Å²) in [7, 11) is -2.06. The molecule has 5 rings (SSSR count). The van der Waals surface area contributed by atoms with Gasteiger partial charge in [-0.1, -0.05) is 79.2 Å². The van der Waals surface area contributed by atoms with E-state index in [-0.39, 0.29) is 45.8 Å². The number of hydrogen-bond acceptors (Lipinski definition) is 4. The second kappa shape index (κ2) is 15.8. The zero-order chi connectivity index (χ0) is 38.3. The minimum absolute atomic E-state index is 0.0380. The van der Waals surface area contributed by atoms with E-state index in [4.69, 9.17) is 4.43 Å². The normalized spacial score (nSPS) is 28.6. The number of Topliss-reactive ketones (excluding diaryl/α,β-unsaturated/α-hetero) is 1. The first-order chi connectivity index (χ1) is 24.2. The molecule has 0 heterocycles. The molecular weight excluding hydrogens is 708 g/mol. The van der Waals surface area contributed by atoms with E-state index in [1.54, 1.807) is 12.1 Å². The van der Waals surface area contributed by atoms with Gasteiger partial charge in [-0.2, -0.15) is 33.7 Å². The zero-order valence-electron chi connectivity index (χ0n) is 32.8. The zero-order valence-corrected chi connectivity index (χ0v) is 34.6. The standard InChI is InChI=1S/C42H65F5O3SSi/c1-28(2)38(3,4)52(6,7)50-35-27-34-36-31(19-21-39(34,5)40(35)22-23-40)30-18-17-29(48)26-33(30)37(49)32(36)16-13-11-9-8-10-12-14-24-51-25-15-20-41(43,44)42(45,46)47/h17-18,26,28,31-32,34-36,48H,8-16,19-25,27H2,1-7H3/t31?,32?,34?,35-,36?,39+/m1/s1. The van der Waals surface area contributed by atoms with E-state index in [9.17, 15) is 31.9 Å². The van der Waals surface area contributed by atoms with Crippen LogP contribution in [0.25, 0.3) is 0 Å². The lowest BCUT2D eigenvalue weighted by Crippen LogP contribution is -2.50. The fraction of sp³-hybridized carbons (Fsp3) is 0.833. The highest BCUT2D eigenvalue weighted by molar-refractivity contribution is 7.99. The number of phenols is 1. The van der Waals surface area contributed by atoms with Crippen molar-refractivity contribution < 1.29 is 36.3 Å². The van der Waals surface area contributed by atoms with Crippen molar-refractivity contribution in [2.75, 3.05) is 11.5 Å². The number of benzene rings is 1. The summed E-state index contributed by atoms with van der Waals surface area (Å²) < 4.78 is 70.5. The number of phenolic OH excluding ortho intramolecular Hbond substituents is 1. The number of unbranched alkanes of at least 4 members (excludes halogenated alkanes) is 6. The van der Waals surface area contributed by atoms with Crippen molar-refractivity contribution in [2.24, 2.45) is 34.5 Å². The molecule has 52 heavy (non-hydrogen) atoms. The van der Waals surface area contributed by atoms with Crippen LogP contribution in [0.4, 0.5) is 22.0 Å². The average molecular weight is 773 g/mol. The van der Waals surface area contributed by atoms with Gasteiger partial charge in [0.15, 0.2) is 14.1 Å². The van der Waals surface area contributed by atoms with Crippen LogP contribution >= 0.6 is 11.8 Å². The van der Waals surface area contributed by atoms with Gasteiger partial charge in [-0.05, 0) is 128 Å². The van der Waals surface area contributed by atoms with Crippen molar-refractivity contribution in [3.05, 3.63) is 29.3 Å². The summed E-state index contributed by atoms with van der Waals surface area (Å²) in [6, 6.07) is 5.51. The van der Waals surface area contributed by atoms with Crippen molar-refractivity contribution in [3.63, 3.8) is 0 Å². The summed E-state index contributed by atoms with van der Waals surface area (Å²) in [6.45, 7) is 16.8. The van der Waals surface area contributed by atoms with Crippen LogP contribution in [-0.2, 0) is 4.43 Å². The fourth-order valence-electron chi connectivity index (χ4n) is 10.6. The molecular formula is C42H65F5O3SSi. The van der Waals surface area contributed by atoms with Gasteiger partial charge in [0.2, 0.25) is 0 Å². The number of alkyl halides is 5. The van der Waals surface area contributed by atoms with E-state index in [2.05, 4.69) is 47.7 Å². The molecule has 1 N–H and O–H groups in total. The molecule has 4 aliphatic rings. The number of hydrogen-bond donors (Lipinski definition) is 1. The quantitative estimate of drug-likeness (QED) is 0.0917. The summed E-state index contributed by atoms with van der Waals surface area (Å²) >= 11 is 1.46. The molecule has 0 aromatic heterocycles. The lowest BCUT2D eigenvalue weighted by molar-refractivity contribution is -0.284. The molecule has 10 heteroatoms. The Morgan fingerprint density at radius 2 is 1.56 bits per heavy atom. The topological polar surface area (TPSA) is 46.5 Å². The van der Waals surface area contributed by atoms with E-state index in [1.165, 1.54) is 31.0 Å². The van der Waals surface area contributed by atoms with Gasteiger partial charge < -0.3 is 9.53 Å². The summed E-state index contributed by atoms with van der Waals surface area (Å²) in [5.41, 5.74) is 2.28. The Morgan fingerprint density at radius 1 is 0.942 bits per heavy atom. The Labute approximate surface area is 315 Å². The lowest BCUT2D eigenvalue weighted by Gasteiger charge is -2.53. The minimum atomic E-state index is -5.46. The van der Waals surface area contributed by atoms with Gasteiger partial charge >= 0.3 is 12.1 Å². The molecule has 0 saturated heterocycles. The van der Waals surface area contributed by atoms with Gasteiger partial charge in [0, 0.05) is 23.3 Å². The molecule has 0 bridgehead atoms. The molecule has 1 aromatic rings. The molecule has 0 radical (unpaired) electrons. The lowest BCUT2D eigenvalue weighted by atomic mass is 9.50. The Kier molecular flexibility index (Phi) is 12.8. The van der Waals surface area contributed by atoms with Crippen molar-refractivity contribution in [2.45, 2.75) is 173 Å². The Hall–Kier alpha value is -1.13. The number of carbonyl (C=O) groups is 1. The highest BCUT2D eigenvalue weighted by Gasteiger charge is 2.73. The van der Waals surface area contributed by atoms with Gasteiger partial charge in [-0.15, -0.1) is 0 Å². The number of carbonyl (C=O) groups excluding carboxylic acids is 1. The maximum absolute atomic E-state index is 14.4. The molecule has 4 aliphatic carbocycles. The smallest absolute Gasteiger partial charge is 0.453 e. The third kappa shape index (κ3) is 8.06. The van der Waals surface area contributed by atoms with Crippen LogP contribution in [0, 0.1) is 34.5 Å². The van der Waals surface area contributed by atoms with Crippen molar-refractivity contribution in [3.8, 4) is 5.75 Å². The SMILES string of the molecule is CC(C)C(C)(C)[Si](C)(C)O[C@@H]1CC2C3C(CCCCCCCCCSCCCC(F)(F)C(F)(F)F)C(=O)c4cc(O)ccc4C3CC[C@]2(C)C12CC2. The summed E-state index contributed by atoms with van der Waals surface area (Å²) in [6.07, 6.45) is 7.47. The summed E-state index contributed by atoms with van der Waals surface area (Å²) in [4.78, 5) is 14.4. The number of rotatable bonds is 18. The van der Waals surface area contributed by atoms with Crippen LogP contribution in [0.5, 0.6) is 5.75 Å². The third-order valence-electron chi connectivity index (χ3n) is 15.2. The van der Waals surface area contributed by atoms with Crippen LogP contribution in [0.15, 0.2) is 18.2 Å². The Balaban J connectivity index is 1.16. The van der Waals surface area contributed by atoms with E-state index in [0.717, 1.165) is 81.1 Å². The summed E-state index contributed by atoms with van der Waals surface area (Å²) in [5.74, 6) is -1.52. The van der Waals surface area contributed by atoms with Crippen molar-refractivity contribution in [1.29, 1.82) is 0 Å². The second-order valence-electron chi connectivity index (χ2n) is 18.6. The molecule has 6 atom stereocenters. The molecule has 4 unspecified atom stereocenters. The van der Waals surface area contributed by atoms with Gasteiger partial charge in [0.25, 0.3) is 0 Å². The van der Waals surface area contributed by atoms with E-state index in [1.807, 2.05) is 6.07 Å². The van der Waals surface area contributed by atoms with E-state index >= 15 is 0 Å². The summed E-state index contributed by atoms with van der Waals surface area (Å²) in [5, 5.41) is 10.6. The predicted molar refractivity (Wildman–Crippen MR) is 205 cm³/mol. The molecule has 0 aliphatic heterocycles. The largest absolute Gasteiger partial charge is 0.508 e. The number of halogens is 5. The van der Waals surface area contributed by atoms with Crippen LogP contribution in [0.3, 0.4) is 0 Å². The highest BCUT2D eigenvalue weighted by atomic mass is 32.2. The first-order valence-electron chi connectivity index (χ1n) is 20.3. The first-order valence-corrected chi connectivity index (χ1v) is 24.3. The second-order valence-corrected chi connectivity index (χ2v) is 24.3. The van der Waals surface area contributed by atoms with Crippen molar-refractivity contribution >= 4 is 25.9 Å². The monoisotopic (exact) mass is 772 g/mol. The average Bonchev–Trinajstić information content (AvgIpc) is 3.83. The molecule has 3 nitrogen and oxygen atoms in total. The Morgan fingerprint density at radius 3 is 2.17 bits per heavy atom. The molecule has 3 saturated carbocycles. The number of fused-ring (bicyclic) bond motifs is 6. The van der Waals surface area contributed by atoms with Crippen LogP contribution in [0.1, 0.15) is 153 Å². The predicted octanol–water partition coefficient (Wildman–Crippen LogP) is 13.4. The fourth-order valence-corrected chi connectivity index (χ4v) is 14.3. The molecule has 296 valence electrons. The maximum Gasteiger partial charge on any atom is 0.453 e. The van der Waals surface area contributed by atoms with E-state index < -0.39 is 26.8 Å². The van der Waals surface area contributed by atoms with E-state index in [0.29, 0.717) is 29.4 Å². The number of aromatic hydroxyl groups is 1. The molecule has 1 aromatic carbocycles. The molecule has 3 fully saturated rings. The molecule has 0 amide bonds. The van der Waals surface area contributed by atoms with Gasteiger partial charge in [0.05, 0.1) is 6.10 Å². The Bertz CT molecular complexity index is 1390.